The number of ether oxygens (including phenoxy) is 1. The van der Waals surface area contributed by atoms with Crippen molar-refractivity contribution < 1.29 is 9.53 Å². The van der Waals surface area contributed by atoms with E-state index in [9.17, 15) is 4.79 Å². The quantitative estimate of drug-likeness (QED) is 0.587. The van der Waals surface area contributed by atoms with E-state index in [1.54, 1.807) is 6.08 Å². The van der Waals surface area contributed by atoms with Crippen LogP contribution in [-0.4, -0.2) is 12.1 Å². The van der Waals surface area contributed by atoms with Gasteiger partial charge < -0.3 is 4.74 Å². The molecule has 1 aliphatic carbocycles. The van der Waals surface area contributed by atoms with Gasteiger partial charge in [-0.1, -0.05) is 37.3 Å². The highest BCUT2D eigenvalue weighted by Gasteiger charge is 2.24. The Balaban J connectivity index is 1.84. The molecule has 0 atom stereocenters. The SMILES string of the molecule is C=CCC(=O)O[C@H]1CC[C@H](c2ccc(CC)cc2)CC1. The first kappa shape index (κ1) is 14.8. The Hall–Kier alpha value is -1.57. The largest absolute Gasteiger partial charge is 0.462 e. The Labute approximate surface area is 121 Å². The standard InChI is InChI=1S/C18H24O2/c1-3-5-18(19)20-17-12-10-16(11-13-17)15-8-6-14(4-2)7-9-15/h3,6-9,16-17H,1,4-5,10-13H2,2H3/t16-,17-. The van der Waals surface area contributed by atoms with E-state index in [-0.39, 0.29) is 12.1 Å². The van der Waals surface area contributed by atoms with Gasteiger partial charge in [0.15, 0.2) is 0 Å². The third-order valence-electron chi connectivity index (χ3n) is 4.14. The van der Waals surface area contributed by atoms with Crippen LogP contribution >= 0.6 is 0 Å². The van der Waals surface area contributed by atoms with Gasteiger partial charge >= 0.3 is 5.97 Å². The first-order chi connectivity index (χ1) is 9.72. The third-order valence-corrected chi connectivity index (χ3v) is 4.14. The van der Waals surface area contributed by atoms with Gasteiger partial charge in [-0.2, -0.15) is 0 Å². The molecule has 1 aliphatic rings. The van der Waals surface area contributed by atoms with Gasteiger partial charge in [-0.25, -0.2) is 0 Å². The molecular formula is C18H24O2. The molecule has 2 heteroatoms. The molecule has 108 valence electrons. The summed E-state index contributed by atoms with van der Waals surface area (Å²) in [6, 6.07) is 8.97. The van der Waals surface area contributed by atoms with Gasteiger partial charge in [0.2, 0.25) is 0 Å². The minimum absolute atomic E-state index is 0.105. The zero-order valence-electron chi connectivity index (χ0n) is 12.3. The van der Waals surface area contributed by atoms with Crippen LogP contribution in [0.3, 0.4) is 0 Å². The minimum Gasteiger partial charge on any atom is -0.462 e. The second-order valence-electron chi connectivity index (χ2n) is 5.55. The van der Waals surface area contributed by atoms with Crippen LogP contribution in [0.4, 0.5) is 0 Å². The van der Waals surface area contributed by atoms with E-state index in [0.717, 1.165) is 32.1 Å². The average Bonchev–Trinajstić information content (AvgIpc) is 2.48. The maximum absolute atomic E-state index is 11.4. The number of carbonyl (C=O) groups is 1. The lowest BCUT2D eigenvalue weighted by Crippen LogP contribution is -2.23. The Bertz CT molecular complexity index is 439. The summed E-state index contributed by atoms with van der Waals surface area (Å²) < 4.78 is 5.44. The molecule has 20 heavy (non-hydrogen) atoms. The van der Waals surface area contributed by atoms with Crippen LogP contribution in [-0.2, 0) is 16.0 Å². The van der Waals surface area contributed by atoms with Crippen molar-refractivity contribution in [1.82, 2.24) is 0 Å². The molecule has 0 aliphatic heterocycles. The molecule has 0 aromatic heterocycles. The van der Waals surface area contributed by atoms with Gasteiger partial charge in [-0.05, 0) is 49.1 Å². The first-order valence-corrected chi connectivity index (χ1v) is 7.62. The molecule has 0 saturated heterocycles. The van der Waals surface area contributed by atoms with Crippen molar-refractivity contribution in [1.29, 1.82) is 0 Å². The zero-order chi connectivity index (χ0) is 14.4. The lowest BCUT2D eigenvalue weighted by atomic mass is 9.82. The van der Waals surface area contributed by atoms with Crippen molar-refractivity contribution in [2.75, 3.05) is 0 Å². The highest BCUT2D eigenvalue weighted by molar-refractivity contribution is 5.71. The predicted octanol–water partition coefficient (Wildman–Crippen LogP) is 4.39. The van der Waals surface area contributed by atoms with E-state index < -0.39 is 0 Å². The molecule has 0 unspecified atom stereocenters. The number of carbonyl (C=O) groups excluding carboxylic acids is 1. The molecular weight excluding hydrogens is 248 g/mol. The van der Waals surface area contributed by atoms with Crippen LogP contribution in [0.5, 0.6) is 0 Å². The van der Waals surface area contributed by atoms with E-state index >= 15 is 0 Å². The summed E-state index contributed by atoms with van der Waals surface area (Å²) in [7, 11) is 0. The molecule has 1 aromatic carbocycles. The molecule has 0 radical (unpaired) electrons. The summed E-state index contributed by atoms with van der Waals surface area (Å²) in [4.78, 5) is 11.4. The van der Waals surface area contributed by atoms with E-state index in [0.29, 0.717) is 12.3 Å². The Kier molecular flexibility index (Phi) is 5.40. The van der Waals surface area contributed by atoms with Gasteiger partial charge in [0.1, 0.15) is 6.10 Å². The molecule has 2 rings (SSSR count). The summed E-state index contributed by atoms with van der Waals surface area (Å²) in [5, 5.41) is 0. The van der Waals surface area contributed by atoms with Crippen LogP contribution in [0.1, 0.15) is 56.1 Å². The van der Waals surface area contributed by atoms with Crippen molar-refractivity contribution in [3.8, 4) is 0 Å². The maximum Gasteiger partial charge on any atom is 0.309 e. The average molecular weight is 272 g/mol. The van der Waals surface area contributed by atoms with Crippen molar-refractivity contribution in [2.24, 2.45) is 0 Å². The maximum atomic E-state index is 11.4. The second kappa shape index (κ2) is 7.28. The lowest BCUT2D eigenvalue weighted by Gasteiger charge is -2.28. The van der Waals surface area contributed by atoms with Crippen molar-refractivity contribution in [3.63, 3.8) is 0 Å². The summed E-state index contributed by atoms with van der Waals surface area (Å²) in [6.45, 7) is 5.74. The number of aryl methyl sites for hydroxylation is 1. The van der Waals surface area contributed by atoms with E-state index in [1.807, 2.05) is 0 Å². The second-order valence-corrected chi connectivity index (χ2v) is 5.55. The van der Waals surface area contributed by atoms with E-state index in [2.05, 4.69) is 37.8 Å². The van der Waals surface area contributed by atoms with Crippen molar-refractivity contribution in [2.45, 2.75) is 57.5 Å². The number of hydrogen-bond acceptors (Lipinski definition) is 2. The van der Waals surface area contributed by atoms with Gasteiger partial charge in [0.05, 0.1) is 6.42 Å². The fourth-order valence-corrected chi connectivity index (χ4v) is 2.89. The fraction of sp³-hybridized carbons (Fsp3) is 0.500. The Morgan fingerprint density at radius 1 is 1.25 bits per heavy atom. The topological polar surface area (TPSA) is 26.3 Å². The Morgan fingerprint density at radius 3 is 2.45 bits per heavy atom. The van der Waals surface area contributed by atoms with Gasteiger partial charge in [0, 0.05) is 0 Å². The summed E-state index contributed by atoms with van der Waals surface area (Å²) in [5.74, 6) is 0.478. The van der Waals surface area contributed by atoms with E-state index in [4.69, 9.17) is 4.74 Å². The Morgan fingerprint density at radius 2 is 1.90 bits per heavy atom. The minimum atomic E-state index is -0.143. The molecule has 1 saturated carbocycles. The summed E-state index contributed by atoms with van der Waals surface area (Å²) in [5.41, 5.74) is 2.82. The van der Waals surface area contributed by atoms with Gasteiger partial charge in [-0.3, -0.25) is 4.79 Å². The summed E-state index contributed by atoms with van der Waals surface area (Å²) >= 11 is 0. The van der Waals surface area contributed by atoms with E-state index in [1.165, 1.54) is 11.1 Å². The number of rotatable bonds is 5. The van der Waals surface area contributed by atoms with Gasteiger partial charge in [0.25, 0.3) is 0 Å². The number of hydrogen-bond donors (Lipinski definition) is 0. The molecule has 0 heterocycles. The van der Waals surface area contributed by atoms with Crippen LogP contribution < -0.4 is 0 Å². The van der Waals surface area contributed by atoms with Crippen LogP contribution in [0.2, 0.25) is 0 Å². The van der Waals surface area contributed by atoms with Crippen LogP contribution in [0, 0.1) is 0 Å². The normalized spacial score (nSPS) is 22.2. The smallest absolute Gasteiger partial charge is 0.309 e. The zero-order valence-corrected chi connectivity index (χ0v) is 12.3. The predicted molar refractivity (Wildman–Crippen MR) is 81.7 cm³/mol. The molecule has 0 amide bonds. The lowest BCUT2D eigenvalue weighted by molar-refractivity contribution is -0.149. The molecule has 1 fully saturated rings. The third kappa shape index (κ3) is 3.96. The van der Waals surface area contributed by atoms with Crippen molar-refractivity contribution in [3.05, 3.63) is 48.0 Å². The fourth-order valence-electron chi connectivity index (χ4n) is 2.89. The van der Waals surface area contributed by atoms with Crippen molar-refractivity contribution >= 4 is 5.97 Å². The summed E-state index contributed by atoms with van der Waals surface area (Å²) in [6.07, 6.45) is 7.28. The molecule has 0 bridgehead atoms. The molecule has 1 aromatic rings. The molecule has 0 spiro atoms. The first-order valence-electron chi connectivity index (χ1n) is 7.62. The van der Waals surface area contributed by atoms with Crippen LogP contribution in [0.25, 0.3) is 0 Å². The molecule has 0 N–H and O–H groups in total. The highest BCUT2D eigenvalue weighted by Crippen LogP contribution is 2.34. The molecule has 2 nitrogen and oxygen atoms in total. The van der Waals surface area contributed by atoms with Gasteiger partial charge in [-0.15, -0.1) is 6.58 Å². The monoisotopic (exact) mass is 272 g/mol. The number of esters is 1. The van der Waals surface area contributed by atoms with Crippen LogP contribution in [0.15, 0.2) is 36.9 Å². The highest BCUT2D eigenvalue weighted by atomic mass is 16.5. The number of benzene rings is 1.